The Kier molecular flexibility index (Phi) is 28.5. The van der Waals surface area contributed by atoms with E-state index in [1.807, 2.05) is 327 Å². The van der Waals surface area contributed by atoms with Crippen LogP contribution in [0.1, 0.15) is 117 Å². The molecule has 10 aliphatic heterocycles. The second-order valence-corrected chi connectivity index (χ2v) is 40.7. The lowest BCUT2D eigenvalue weighted by Gasteiger charge is -2.23. The van der Waals surface area contributed by atoms with Gasteiger partial charge >= 0.3 is 0 Å². The van der Waals surface area contributed by atoms with E-state index in [2.05, 4.69) is 109 Å². The maximum Gasteiger partial charge on any atom is 0.270 e. The number of thioether (sulfide) groups is 5. The number of fused-ring (bicyclic) bond motifs is 10. The number of anilines is 5. The third-order valence-corrected chi connectivity index (χ3v) is 32.5. The van der Waals surface area contributed by atoms with Crippen molar-refractivity contribution in [1.29, 1.82) is 0 Å². The van der Waals surface area contributed by atoms with Crippen LogP contribution in [0.25, 0.3) is 0 Å². The van der Waals surface area contributed by atoms with Gasteiger partial charge in [-0.3, -0.25) is 51.1 Å². The lowest BCUT2D eigenvalue weighted by molar-refractivity contribution is -0.121. The molecule has 5 N–H and O–H groups in total. The van der Waals surface area contributed by atoms with Crippen LogP contribution < -0.4 is 51.6 Å². The first-order chi connectivity index (χ1) is 66.3. The Bertz CT molecular complexity index is 7240. The maximum absolute atomic E-state index is 13.7. The summed E-state index contributed by atoms with van der Waals surface area (Å²) in [6, 6.07) is 117. The molecule has 0 radical (unpaired) electrons. The number of hydrazone groups is 5. The van der Waals surface area contributed by atoms with E-state index in [9.17, 15) is 24.0 Å². The second-order valence-electron chi connectivity index (χ2n) is 33.4. The highest BCUT2D eigenvalue weighted by Crippen LogP contribution is 2.57. The van der Waals surface area contributed by atoms with Crippen molar-refractivity contribution < 1.29 is 24.0 Å². The van der Waals surface area contributed by atoms with Gasteiger partial charge in [-0.25, -0.2) is 0 Å². The number of benzene rings is 14. The molecule has 14 aromatic rings. The summed E-state index contributed by atoms with van der Waals surface area (Å²) in [5, 5.41) is 28.7. The Balaban J connectivity index is 0.000000120. The summed E-state index contributed by atoms with van der Waals surface area (Å²) in [6.45, 7) is 8.04. The third-order valence-electron chi connectivity index (χ3n) is 24.8. The number of hydrogen-bond donors (Lipinski definition) is 5. The van der Waals surface area contributed by atoms with Crippen LogP contribution in [0, 0.1) is 20.8 Å². The average molecular weight is 1990 g/mol. The van der Waals surface area contributed by atoms with Gasteiger partial charge in [0.2, 0.25) is 24.4 Å². The van der Waals surface area contributed by atoms with Crippen molar-refractivity contribution in [3.05, 3.63) is 468 Å². The third kappa shape index (κ3) is 18.0. The fourth-order valence-corrected chi connectivity index (χ4v) is 24.6. The first-order valence-electron chi connectivity index (χ1n) is 44.0. The van der Waals surface area contributed by atoms with E-state index >= 15 is 0 Å². The Morgan fingerprint density at radius 3 is 0.928 bits per heavy atom. The standard InChI is InChI=1S/C24H21N3OS.2C23H18ClN3OS.C22H16ClN3OS.C16H13N3OS.3CH4/c1-17-12-13-21-20(16-17)24(26-25-22(29-24)19-10-6-3-7-11-19)23(28)27(21)15-14-18-8-4-2-5-9-18;1-15-8-2-4-10-17(15)21-25-26-23(29-21)18-11-5-7-13-20(18)27(22(23)28)14-16-9-3-6-12-19(16)24;1-15-11-12-20-18(13-15)23(26-25-21(29-23)16-7-3-2-4-8-16)22(28)27(20)14-17-9-5-6-10-19(17)24;23-18-12-6-4-10-16(18)14-26-19-13-7-5-11-17(19)22(21(26)27)25-24-20(28-22)15-8-2-1-3-9-15;1-19-13-10-6-5-9-12(13)16(15(19)20)18-17-14(21-16)11-7-3-2-4-8-11;;;/h2-13,16,26H,14-15H2,1H3;2*2-13,26H,14H2,1H3;1-13,25H,14H2;2-10,18H,1H3;3*1H4. The van der Waals surface area contributed by atoms with Crippen LogP contribution in [0.3, 0.4) is 0 Å². The van der Waals surface area contributed by atoms with Gasteiger partial charge in [0.1, 0.15) is 25.2 Å². The minimum Gasteiger partial charge on any atom is -0.312 e. The Labute approximate surface area is 845 Å². The number of amides is 5. The molecule has 0 saturated heterocycles. The van der Waals surface area contributed by atoms with Crippen LogP contribution in [-0.2, 0) is 74.4 Å². The van der Waals surface area contributed by atoms with Crippen LogP contribution in [0.15, 0.2) is 383 Å². The van der Waals surface area contributed by atoms with Crippen molar-refractivity contribution in [3.63, 3.8) is 0 Å². The van der Waals surface area contributed by atoms with Crippen molar-refractivity contribution >= 4 is 177 Å². The maximum atomic E-state index is 13.7. The highest BCUT2D eigenvalue weighted by Gasteiger charge is 2.60. The van der Waals surface area contributed by atoms with E-state index < -0.39 is 24.4 Å². The van der Waals surface area contributed by atoms with Gasteiger partial charge in [0.25, 0.3) is 29.5 Å². The fourth-order valence-electron chi connectivity index (χ4n) is 17.9. The molecule has 0 saturated carbocycles. The van der Waals surface area contributed by atoms with Gasteiger partial charge in [0.15, 0.2) is 0 Å². The lowest BCUT2D eigenvalue weighted by Crippen LogP contribution is -2.45. The van der Waals surface area contributed by atoms with Crippen molar-refractivity contribution in [2.24, 2.45) is 25.5 Å². The summed E-state index contributed by atoms with van der Waals surface area (Å²) in [6.07, 6.45) is 0.813. The SMILES string of the molecule is C.C.C.CN1C(=O)C2(NN=C(c3ccccc3)S2)c2ccccc21.Cc1ccc2c(c1)C1(NN=C(c3ccccc3)S1)C(=O)N2CCc1ccccc1.Cc1ccc2c(c1)C1(NN=C(c3ccccc3)S1)C(=O)N2Cc1ccccc1Cl.Cc1ccccc1C1=NNC2(S1)C(=O)N(Cc1ccccc1Cl)c1ccccc12.O=C1N(Cc2ccccc2Cl)c2ccccc2C12NN=C(c1ccccc1)S2. The number of para-hydroxylation sites is 3. The van der Waals surface area contributed by atoms with Gasteiger partial charge in [0, 0.05) is 84.3 Å². The first-order valence-corrected chi connectivity index (χ1v) is 49.3. The Hall–Kier alpha value is -13.6. The summed E-state index contributed by atoms with van der Waals surface area (Å²) in [5.74, 6) is -0.0287. The number of halogens is 3. The predicted molar refractivity (Wildman–Crippen MR) is 577 cm³/mol. The normalized spacial score (nSPS) is 20.1. The molecule has 139 heavy (non-hydrogen) atoms. The molecular weight excluding hydrogens is 1890 g/mol. The van der Waals surface area contributed by atoms with E-state index in [-0.39, 0.29) is 51.8 Å². The quantitative estimate of drug-likeness (QED) is 0.0683. The van der Waals surface area contributed by atoms with E-state index in [4.69, 9.17) is 34.8 Å². The molecule has 14 aromatic carbocycles. The molecule has 0 bridgehead atoms. The molecule has 5 spiro atoms. The van der Waals surface area contributed by atoms with Crippen LogP contribution in [0.4, 0.5) is 28.4 Å². The number of nitrogens with zero attached hydrogens (tertiary/aromatic N) is 10. The zero-order valence-electron chi connectivity index (χ0n) is 73.8. The molecule has 5 unspecified atom stereocenters. The molecular formula is C111H98Cl3N15O5S5. The average Bonchev–Trinajstić information content (AvgIpc) is 1.57. The molecule has 28 heteroatoms. The van der Waals surface area contributed by atoms with Gasteiger partial charge in [-0.15, -0.1) is 0 Å². The minimum absolute atomic E-state index is 0. The largest absolute Gasteiger partial charge is 0.312 e. The molecule has 24 rings (SSSR count). The molecule has 10 heterocycles. The van der Waals surface area contributed by atoms with E-state index in [0.717, 1.165) is 149 Å². The first kappa shape index (κ1) is 97.1. The fraction of sp³-hybridized carbons (Fsp3) is 0.153. The zero-order valence-corrected chi connectivity index (χ0v) is 80.1. The number of carbonyl (C=O) groups excluding carboxylic acids is 5. The smallest absolute Gasteiger partial charge is 0.270 e. The molecule has 20 nitrogen and oxygen atoms in total. The number of aryl methyl sites for hydroxylation is 3. The number of carbonyl (C=O) groups is 5. The van der Waals surface area contributed by atoms with E-state index in [1.165, 1.54) is 64.4 Å². The number of nitrogens with one attached hydrogen (secondary N) is 5. The van der Waals surface area contributed by atoms with Crippen molar-refractivity contribution in [3.8, 4) is 0 Å². The van der Waals surface area contributed by atoms with Gasteiger partial charge in [-0.1, -0.05) is 436 Å². The summed E-state index contributed by atoms with van der Waals surface area (Å²) in [7, 11) is 1.80. The van der Waals surface area contributed by atoms with Crippen molar-refractivity contribution in [1.82, 2.24) is 27.1 Å². The summed E-state index contributed by atoms with van der Waals surface area (Å²) in [4.78, 5) is 71.9. The van der Waals surface area contributed by atoms with Gasteiger partial charge in [-0.05, 0) is 104 Å². The molecule has 0 aliphatic carbocycles. The topological polar surface area (TPSA) is 224 Å². The summed E-state index contributed by atoms with van der Waals surface area (Å²) in [5.41, 5.74) is 37.5. The number of likely N-dealkylation sites (N-methyl/N-ethyl adjacent to an activating group) is 1. The van der Waals surface area contributed by atoms with Crippen LogP contribution in [0.2, 0.25) is 15.1 Å². The molecule has 0 fully saturated rings. The number of rotatable bonds is 14. The molecule has 5 atom stereocenters. The molecule has 0 aromatic heterocycles. The second kappa shape index (κ2) is 40.8. The van der Waals surface area contributed by atoms with Crippen molar-refractivity contribution in [2.75, 3.05) is 38.1 Å². The lowest BCUT2D eigenvalue weighted by atomic mass is 10.1. The number of hydrogen-bond acceptors (Lipinski definition) is 20. The van der Waals surface area contributed by atoms with Gasteiger partial charge in [0.05, 0.1) is 48.1 Å². The molecule has 698 valence electrons. The zero-order chi connectivity index (χ0) is 93.5. The van der Waals surface area contributed by atoms with E-state index in [0.29, 0.717) is 41.2 Å². The van der Waals surface area contributed by atoms with Crippen molar-refractivity contribution in [2.45, 2.75) is 93.5 Å². The van der Waals surface area contributed by atoms with E-state index in [1.54, 1.807) is 26.6 Å². The Morgan fingerprint density at radius 2 is 0.554 bits per heavy atom. The van der Waals surface area contributed by atoms with Crippen LogP contribution >= 0.6 is 93.6 Å². The van der Waals surface area contributed by atoms with Crippen LogP contribution in [-0.4, -0.2) is 68.3 Å². The minimum atomic E-state index is -0.951. The molecule has 5 amide bonds. The monoisotopic (exact) mass is 1990 g/mol. The predicted octanol–water partition coefficient (Wildman–Crippen LogP) is 23.7. The highest BCUT2D eigenvalue weighted by molar-refractivity contribution is 8.17. The Morgan fingerprint density at radius 1 is 0.281 bits per heavy atom. The highest BCUT2D eigenvalue weighted by atomic mass is 35.5. The van der Waals surface area contributed by atoms with Gasteiger partial charge < -0.3 is 24.5 Å². The van der Waals surface area contributed by atoms with Crippen LogP contribution in [0.5, 0.6) is 0 Å². The summed E-state index contributed by atoms with van der Waals surface area (Å²) >= 11 is 26.5. The summed E-state index contributed by atoms with van der Waals surface area (Å²) < 4.78 is 0. The van der Waals surface area contributed by atoms with Gasteiger partial charge in [-0.2, -0.15) is 25.5 Å². The molecule has 10 aliphatic rings.